The van der Waals surface area contributed by atoms with Gasteiger partial charge in [0, 0.05) is 11.8 Å². The van der Waals surface area contributed by atoms with Gasteiger partial charge >= 0.3 is 0 Å². The number of rotatable bonds is 5. The lowest BCUT2D eigenvalue weighted by atomic mass is 9.72. The summed E-state index contributed by atoms with van der Waals surface area (Å²) in [6.07, 6.45) is 5.69. The molecule has 0 bridgehead atoms. The quantitative estimate of drug-likeness (QED) is 0.508. The van der Waals surface area contributed by atoms with Gasteiger partial charge in [-0.25, -0.2) is 0 Å². The lowest BCUT2D eigenvalue weighted by Crippen LogP contribution is -2.39. The summed E-state index contributed by atoms with van der Waals surface area (Å²) in [7, 11) is 0. The fourth-order valence-corrected chi connectivity index (χ4v) is 2.90. The van der Waals surface area contributed by atoms with Crippen LogP contribution in [0.5, 0.6) is 0 Å². The van der Waals surface area contributed by atoms with Gasteiger partial charge in [-0.15, -0.1) is 0 Å². The molecule has 4 unspecified atom stereocenters. The van der Waals surface area contributed by atoms with Crippen LogP contribution in [-0.4, -0.2) is 12.7 Å². The summed E-state index contributed by atoms with van der Waals surface area (Å²) in [4.78, 5) is 0. The highest BCUT2D eigenvalue weighted by Gasteiger charge is 2.51. The number of ether oxygens (including phenoxy) is 2. The van der Waals surface area contributed by atoms with Crippen LogP contribution in [0.25, 0.3) is 0 Å². The van der Waals surface area contributed by atoms with Gasteiger partial charge in [0.2, 0.25) is 0 Å². The van der Waals surface area contributed by atoms with Crippen molar-refractivity contribution in [3.8, 4) is 0 Å². The summed E-state index contributed by atoms with van der Waals surface area (Å²) in [5.74, 6) is 1.76. The molecule has 82 valence electrons. The average Bonchev–Trinajstić information content (AvgIpc) is 2.43. The maximum atomic E-state index is 5.46. The molecule has 0 saturated heterocycles. The van der Waals surface area contributed by atoms with E-state index >= 15 is 0 Å². The average molecular weight is 206 g/mol. The van der Waals surface area contributed by atoms with E-state index in [-0.39, 0.29) is 0 Å². The zero-order valence-electron chi connectivity index (χ0n) is 9.02. The molecule has 15 heavy (non-hydrogen) atoms. The number of fused-ring (bicyclic) bond motifs is 1. The monoisotopic (exact) mass is 206 g/mol. The zero-order chi connectivity index (χ0) is 10.8. The van der Waals surface area contributed by atoms with Gasteiger partial charge < -0.3 is 9.47 Å². The predicted octanol–water partition coefficient (Wildman–Crippen LogP) is 2.89. The standard InChI is InChI=1S/C13H18O2/c1-4-14-8-11-6-10-7-12(15-5-2)13(10)9(11)3/h4-5,10-13H,1-3,6-8H2. The Balaban J connectivity index is 1.92. The maximum Gasteiger partial charge on any atom is 0.105 e. The second kappa shape index (κ2) is 4.13. The summed E-state index contributed by atoms with van der Waals surface area (Å²) < 4.78 is 10.7. The minimum atomic E-state index is 0.314. The van der Waals surface area contributed by atoms with Crippen molar-refractivity contribution in [3.05, 3.63) is 37.8 Å². The third-order valence-electron chi connectivity index (χ3n) is 3.67. The van der Waals surface area contributed by atoms with Crippen LogP contribution in [-0.2, 0) is 9.47 Å². The zero-order valence-corrected chi connectivity index (χ0v) is 9.02. The van der Waals surface area contributed by atoms with Crippen molar-refractivity contribution in [1.82, 2.24) is 0 Å². The highest BCUT2D eigenvalue weighted by molar-refractivity contribution is 5.21. The Labute approximate surface area is 91.3 Å². The molecule has 0 heterocycles. The van der Waals surface area contributed by atoms with Gasteiger partial charge in [0.1, 0.15) is 6.10 Å². The van der Waals surface area contributed by atoms with Gasteiger partial charge in [0.05, 0.1) is 19.1 Å². The van der Waals surface area contributed by atoms with E-state index in [1.54, 1.807) is 6.26 Å². The van der Waals surface area contributed by atoms with Crippen LogP contribution in [0.2, 0.25) is 0 Å². The molecule has 2 rings (SSSR count). The third-order valence-corrected chi connectivity index (χ3v) is 3.67. The highest BCUT2D eigenvalue weighted by atomic mass is 16.5. The van der Waals surface area contributed by atoms with Crippen LogP contribution >= 0.6 is 0 Å². The van der Waals surface area contributed by atoms with E-state index in [0.29, 0.717) is 17.9 Å². The SMILES string of the molecule is C=COCC1CC2CC(OC=C)C2C1=C. The molecule has 0 aliphatic heterocycles. The van der Waals surface area contributed by atoms with Crippen LogP contribution in [0.4, 0.5) is 0 Å². The first-order valence-electron chi connectivity index (χ1n) is 5.45. The second-order valence-corrected chi connectivity index (χ2v) is 4.37. The Morgan fingerprint density at radius 2 is 2.07 bits per heavy atom. The third kappa shape index (κ3) is 1.69. The van der Waals surface area contributed by atoms with E-state index in [2.05, 4.69) is 19.7 Å². The van der Waals surface area contributed by atoms with Crippen molar-refractivity contribution in [3.63, 3.8) is 0 Å². The van der Waals surface area contributed by atoms with E-state index in [1.807, 2.05) is 0 Å². The van der Waals surface area contributed by atoms with Crippen LogP contribution in [0.15, 0.2) is 37.8 Å². The Kier molecular flexibility index (Phi) is 2.85. The van der Waals surface area contributed by atoms with Crippen molar-refractivity contribution in [1.29, 1.82) is 0 Å². The topological polar surface area (TPSA) is 18.5 Å². The lowest BCUT2D eigenvalue weighted by molar-refractivity contribution is -0.0105. The van der Waals surface area contributed by atoms with Crippen molar-refractivity contribution >= 4 is 0 Å². The molecule has 4 atom stereocenters. The Morgan fingerprint density at radius 1 is 1.27 bits per heavy atom. The van der Waals surface area contributed by atoms with Crippen LogP contribution in [0, 0.1) is 17.8 Å². The van der Waals surface area contributed by atoms with Gasteiger partial charge in [-0.2, -0.15) is 0 Å². The summed E-state index contributed by atoms with van der Waals surface area (Å²) in [6, 6.07) is 0. The smallest absolute Gasteiger partial charge is 0.105 e. The highest BCUT2D eigenvalue weighted by Crippen LogP contribution is 2.53. The Hall–Kier alpha value is -1.18. The Morgan fingerprint density at radius 3 is 2.73 bits per heavy atom. The van der Waals surface area contributed by atoms with Gasteiger partial charge in [-0.1, -0.05) is 25.3 Å². The first-order valence-corrected chi connectivity index (χ1v) is 5.45. The van der Waals surface area contributed by atoms with E-state index in [1.165, 1.54) is 18.3 Å². The molecular formula is C13H18O2. The largest absolute Gasteiger partial charge is 0.501 e. The summed E-state index contributed by atoms with van der Waals surface area (Å²) in [6.45, 7) is 12.0. The fraction of sp³-hybridized carbons (Fsp3) is 0.538. The molecule has 0 amide bonds. The molecule has 0 N–H and O–H groups in total. The molecule has 0 aromatic carbocycles. The van der Waals surface area contributed by atoms with Gasteiger partial charge in [-0.3, -0.25) is 0 Å². The molecule has 2 fully saturated rings. The van der Waals surface area contributed by atoms with Crippen LogP contribution in [0.1, 0.15) is 12.8 Å². The normalized spacial score (nSPS) is 37.7. The molecule has 0 spiro atoms. The summed E-state index contributed by atoms with van der Waals surface area (Å²) >= 11 is 0. The van der Waals surface area contributed by atoms with Crippen molar-refractivity contribution < 1.29 is 9.47 Å². The molecule has 0 aromatic rings. The molecule has 0 radical (unpaired) electrons. The van der Waals surface area contributed by atoms with Crippen molar-refractivity contribution in [2.75, 3.05) is 6.61 Å². The molecule has 2 heteroatoms. The van der Waals surface area contributed by atoms with E-state index in [9.17, 15) is 0 Å². The molecule has 2 saturated carbocycles. The van der Waals surface area contributed by atoms with Crippen molar-refractivity contribution in [2.45, 2.75) is 18.9 Å². The molecular weight excluding hydrogens is 188 g/mol. The number of hydrogen-bond donors (Lipinski definition) is 0. The second-order valence-electron chi connectivity index (χ2n) is 4.37. The maximum absolute atomic E-state index is 5.46. The molecule has 0 aromatic heterocycles. The predicted molar refractivity (Wildman–Crippen MR) is 60.1 cm³/mol. The minimum absolute atomic E-state index is 0.314. The first kappa shape index (κ1) is 10.3. The first-order chi connectivity index (χ1) is 7.27. The van der Waals surface area contributed by atoms with Gasteiger partial charge in [-0.05, 0) is 18.8 Å². The van der Waals surface area contributed by atoms with Gasteiger partial charge in [0.25, 0.3) is 0 Å². The molecule has 2 nitrogen and oxygen atoms in total. The lowest BCUT2D eigenvalue weighted by Gasteiger charge is -2.39. The Bertz CT molecular complexity index is 282. The molecule has 2 aliphatic rings. The van der Waals surface area contributed by atoms with Crippen LogP contribution < -0.4 is 0 Å². The summed E-state index contributed by atoms with van der Waals surface area (Å²) in [5, 5.41) is 0. The van der Waals surface area contributed by atoms with E-state index in [0.717, 1.165) is 18.9 Å². The minimum Gasteiger partial charge on any atom is -0.501 e. The van der Waals surface area contributed by atoms with Gasteiger partial charge in [0.15, 0.2) is 0 Å². The van der Waals surface area contributed by atoms with E-state index < -0.39 is 0 Å². The van der Waals surface area contributed by atoms with Crippen LogP contribution in [0.3, 0.4) is 0 Å². The summed E-state index contributed by atoms with van der Waals surface area (Å²) in [5.41, 5.74) is 1.29. The molecule has 2 aliphatic carbocycles. The number of hydrogen-bond acceptors (Lipinski definition) is 2. The fourth-order valence-electron chi connectivity index (χ4n) is 2.90. The van der Waals surface area contributed by atoms with E-state index in [4.69, 9.17) is 9.47 Å². The van der Waals surface area contributed by atoms with Crippen molar-refractivity contribution in [2.24, 2.45) is 17.8 Å².